The lowest BCUT2D eigenvalue weighted by Crippen LogP contribution is -2.43. The first-order chi connectivity index (χ1) is 17.7. The number of morpholine rings is 1. The van der Waals surface area contributed by atoms with Gasteiger partial charge in [-0.2, -0.15) is 0 Å². The Labute approximate surface area is 208 Å². The molecule has 10 nitrogen and oxygen atoms in total. The highest BCUT2D eigenvalue weighted by Crippen LogP contribution is 2.32. The molecule has 184 valence electrons. The van der Waals surface area contributed by atoms with Crippen LogP contribution in [0.5, 0.6) is 0 Å². The Hall–Kier alpha value is -4.02. The summed E-state index contributed by atoms with van der Waals surface area (Å²) in [5, 5.41) is 11.9. The summed E-state index contributed by atoms with van der Waals surface area (Å²) in [4.78, 5) is 18.4. The highest BCUT2D eigenvalue weighted by Gasteiger charge is 2.20. The van der Waals surface area contributed by atoms with Crippen molar-refractivity contribution in [2.24, 2.45) is 10.7 Å². The number of rotatable bonds is 5. The van der Waals surface area contributed by atoms with Crippen molar-refractivity contribution in [3.63, 3.8) is 0 Å². The van der Waals surface area contributed by atoms with E-state index < -0.39 is 0 Å². The van der Waals surface area contributed by atoms with Crippen LogP contribution < -0.4 is 20.9 Å². The average molecular weight is 484 g/mol. The fraction of sp³-hybridized carbons (Fsp3) is 0.308. The predicted octanol–water partition coefficient (Wildman–Crippen LogP) is 2.13. The van der Waals surface area contributed by atoms with Gasteiger partial charge in [0.1, 0.15) is 24.3 Å². The van der Waals surface area contributed by atoms with Gasteiger partial charge < -0.3 is 25.6 Å². The van der Waals surface area contributed by atoms with Crippen molar-refractivity contribution in [1.29, 1.82) is 5.41 Å². The van der Waals surface area contributed by atoms with Gasteiger partial charge in [-0.25, -0.2) is 15.0 Å². The number of fused-ring (bicyclic) bond motifs is 2. The van der Waals surface area contributed by atoms with Gasteiger partial charge in [-0.15, -0.1) is 0 Å². The molecule has 0 unspecified atom stereocenters. The van der Waals surface area contributed by atoms with Crippen molar-refractivity contribution in [2.75, 3.05) is 62.3 Å². The maximum absolute atomic E-state index is 7.43. The summed E-state index contributed by atoms with van der Waals surface area (Å²) in [6, 6.07) is 14.6. The number of nitrogens with two attached hydrogens (primary N) is 1. The molecule has 0 radical (unpaired) electrons. The Morgan fingerprint density at radius 2 is 1.86 bits per heavy atom. The number of nitrogens with zero attached hydrogens (tertiary/aromatic N) is 6. The Morgan fingerprint density at radius 3 is 2.67 bits per heavy atom. The van der Waals surface area contributed by atoms with Crippen LogP contribution in [0, 0.1) is 5.41 Å². The lowest BCUT2D eigenvalue weighted by molar-refractivity contribution is 0.122. The Morgan fingerprint density at radius 1 is 1.06 bits per heavy atom. The van der Waals surface area contributed by atoms with Crippen LogP contribution >= 0.6 is 0 Å². The first-order valence-corrected chi connectivity index (χ1v) is 12.2. The number of benzene rings is 2. The van der Waals surface area contributed by atoms with Crippen LogP contribution in [0.15, 0.2) is 53.8 Å². The van der Waals surface area contributed by atoms with Crippen LogP contribution in [0.25, 0.3) is 27.6 Å². The summed E-state index contributed by atoms with van der Waals surface area (Å²) in [5.41, 5.74) is 11.7. The minimum absolute atomic E-state index is 0.274. The van der Waals surface area contributed by atoms with Gasteiger partial charge in [-0.05, 0) is 18.2 Å². The SMILES string of the molecule is N=CN=C(N)c1cc(N2CCOCC2)cc2c1ncn2-c1cc(N2CCNCC2)nc2ccccc12. The zero-order valence-corrected chi connectivity index (χ0v) is 20.0. The van der Waals surface area contributed by atoms with Crippen molar-refractivity contribution in [2.45, 2.75) is 0 Å². The monoisotopic (exact) mass is 483 g/mol. The molecule has 4 aromatic rings. The maximum Gasteiger partial charge on any atom is 0.134 e. The van der Waals surface area contributed by atoms with Gasteiger partial charge in [0, 0.05) is 62.0 Å². The summed E-state index contributed by atoms with van der Waals surface area (Å²) in [5.74, 6) is 1.23. The van der Waals surface area contributed by atoms with Gasteiger partial charge in [-0.1, -0.05) is 18.2 Å². The molecule has 6 rings (SSSR count). The number of aromatic nitrogens is 3. The van der Waals surface area contributed by atoms with E-state index in [1.165, 1.54) is 0 Å². The van der Waals surface area contributed by atoms with E-state index in [0.29, 0.717) is 13.2 Å². The Bertz CT molecular complexity index is 1450. The largest absolute Gasteiger partial charge is 0.383 e. The van der Waals surface area contributed by atoms with E-state index >= 15 is 0 Å². The van der Waals surface area contributed by atoms with Crippen molar-refractivity contribution in [1.82, 2.24) is 19.9 Å². The number of imidazole rings is 1. The van der Waals surface area contributed by atoms with Gasteiger partial charge >= 0.3 is 0 Å². The second-order valence-corrected chi connectivity index (χ2v) is 8.97. The summed E-state index contributed by atoms with van der Waals surface area (Å²) in [7, 11) is 0. The fourth-order valence-electron chi connectivity index (χ4n) is 5.03. The van der Waals surface area contributed by atoms with Crippen LogP contribution in [0.4, 0.5) is 11.5 Å². The number of hydrogen-bond acceptors (Lipinski definition) is 7. The maximum atomic E-state index is 7.43. The lowest BCUT2D eigenvalue weighted by atomic mass is 10.1. The molecule has 2 fully saturated rings. The number of nitrogens with one attached hydrogen (secondary N) is 2. The van der Waals surface area contributed by atoms with Gasteiger partial charge in [0.25, 0.3) is 0 Å². The number of ether oxygens (including phenoxy) is 1. The highest BCUT2D eigenvalue weighted by molar-refractivity contribution is 6.10. The van der Waals surface area contributed by atoms with E-state index in [9.17, 15) is 0 Å². The topological polar surface area (TPSA) is 121 Å². The number of anilines is 2. The smallest absolute Gasteiger partial charge is 0.134 e. The number of hydrogen-bond donors (Lipinski definition) is 3. The first kappa shape index (κ1) is 22.4. The zero-order valence-electron chi connectivity index (χ0n) is 20.0. The predicted molar refractivity (Wildman–Crippen MR) is 144 cm³/mol. The van der Waals surface area contributed by atoms with E-state index in [1.54, 1.807) is 0 Å². The molecule has 2 aliphatic heterocycles. The minimum atomic E-state index is 0.274. The van der Waals surface area contributed by atoms with Crippen molar-refractivity contribution in [3.8, 4) is 5.69 Å². The molecule has 0 spiro atoms. The third-order valence-corrected chi connectivity index (χ3v) is 6.87. The second kappa shape index (κ2) is 9.56. The molecule has 2 aromatic heterocycles. The molecule has 0 saturated carbocycles. The quantitative estimate of drug-likeness (QED) is 0.294. The molecule has 0 bridgehead atoms. The zero-order chi connectivity index (χ0) is 24.5. The van der Waals surface area contributed by atoms with Gasteiger partial charge in [0.2, 0.25) is 0 Å². The number of amidine groups is 1. The first-order valence-electron chi connectivity index (χ1n) is 12.2. The normalized spacial score (nSPS) is 17.2. The molecular weight excluding hydrogens is 454 g/mol. The number of aliphatic imine (C=N–C) groups is 1. The van der Waals surface area contributed by atoms with Crippen LogP contribution in [-0.4, -0.2) is 79.2 Å². The van der Waals surface area contributed by atoms with E-state index in [-0.39, 0.29) is 5.84 Å². The molecule has 4 heterocycles. The van der Waals surface area contributed by atoms with E-state index in [1.807, 2.05) is 24.5 Å². The van der Waals surface area contributed by atoms with Gasteiger partial charge in [-0.3, -0.25) is 9.98 Å². The number of piperazine rings is 1. The highest BCUT2D eigenvalue weighted by atomic mass is 16.5. The standard InChI is InChI=1S/C26H29N9O/c27-16-30-26(28)20-13-18(33-9-11-36-12-10-33)14-23-25(20)31-17-35(23)22-15-24(34-7-5-29-6-8-34)32-21-4-2-1-3-19(21)22/h1-4,13-17,29H,5-12H2,(H3,27,28,30). The van der Waals surface area contributed by atoms with Crippen LogP contribution in [0.1, 0.15) is 5.56 Å². The third kappa shape index (κ3) is 4.04. The van der Waals surface area contributed by atoms with E-state index in [2.05, 4.69) is 48.9 Å². The molecule has 10 heteroatoms. The molecular formula is C26H29N9O. The summed E-state index contributed by atoms with van der Waals surface area (Å²) >= 11 is 0. The molecule has 2 saturated heterocycles. The number of para-hydroxylation sites is 1. The molecule has 2 aromatic carbocycles. The van der Waals surface area contributed by atoms with Gasteiger partial charge in [0.05, 0.1) is 35.5 Å². The molecule has 0 aliphatic carbocycles. The van der Waals surface area contributed by atoms with Crippen LogP contribution in [0.3, 0.4) is 0 Å². The third-order valence-electron chi connectivity index (χ3n) is 6.87. The van der Waals surface area contributed by atoms with Gasteiger partial charge in [0.15, 0.2) is 0 Å². The average Bonchev–Trinajstić information content (AvgIpc) is 3.37. The van der Waals surface area contributed by atoms with Crippen molar-refractivity contribution >= 4 is 45.6 Å². The van der Waals surface area contributed by atoms with E-state index in [0.717, 1.165) is 90.3 Å². The van der Waals surface area contributed by atoms with Crippen molar-refractivity contribution in [3.05, 3.63) is 54.4 Å². The summed E-state index contributed by atoms with van der Waals surface area (Å²) in [6.45, 7) is 6.66. The Balaban J connectivity index is 1.57. The molecule has 4 N–H and O–H groups in total. The fourth-order valence-corrected chi connectivity index (χ4v) is 5.03. The van der Waals surface area contributed by atoms with Crippen LogP contribution in [-0.2, 0) is 4.74 Å². The lowest BCUT2D eigenvalue weighted by Gasteiger charge is -2.30. The molecule has 0 amide bonds. The molecule has 0 atom stereocenters. The summed E-state index contributed by atoms with van der Waals surface area (Å²) in [6.07, 6.45) is 2.81. The summed E-state index contributed by atoms with van der Waals surface area (Å²) < 4.78 is 7.69. The minimum Gasteiger partial charge on any atom is -0.383 e. The molecule has 2 aliphatic rings. The number of pyridine rings is 1. The van der Waals surface area contributed by atoms with Crippen molar-refractivity contribution < 1.29 is 4.74 Å². The molecule has 36 heavy (non-hydrogen) atoms. The van der Waals surface area contributed by atoms with Crippen LogP contribution in [0.2, 0.25) is 0 Å². The second-order valence-electron chi connectivity index (χ2n) is 8.97. The van der Waals surface area contributed by atoms with E-state index in [4.69, 9.17) is 25.8 Å². The Kier molecular flexibility index (Phi) is 5.96.